The molecule has 0 aromatic carbocycles. The summed E-state index contributed by atoms with van der Waals surface area (Å²) in [5, 5.41) is 0. The standard InChI is InChI=1S/C7H9INO3PS/c8-14(13)12-4-2-6-5-1-3-11-7(10)9(5)6/h2,5,14H,1,3-4H2/b6-2+. The van der Waals surface area contributed by atoms with Crippen molar-refractivity contribution in [3.63, 3.8) is 0 Å². The van der Waals surface area contributed by atoms with E-state index in [1.54, 1.807) is 4.90 Å². The maximum absolute atomic E-state index is 11.2. The first kappa shape index (κ1) is 11.0. The van der Waals surface area contributed by atoms with Gasteiger partial charge in [0.15, 0.2) is 0 Å². The van der Waals surface area contributed by atoms with Crippen LogP contribution in [0.15, 0.2) is 11.8 Å². The fraction of sp³-hybridized carbons (Fsp3) is 0.571. The summed E-state index contributed by atoms with van der Waals surface area (Å²) in [6.07, 6.45) is 2.61. The number of hydrogen-bond acceptors (Lipinski definition) is 3. The monoisotopic (exact) mass is 345 g/mol. The van der Waals surface area contributed by atoms with E-state index in [-0.39, 0.29) is 12.1 Å². The van der Waals surface area contributed by atoms with Gasteiger partial charge < -0.3 is 0 Å². The van der Waals surface area contributed by atoms with Gasteiger partial charge in [0.2, 0.25) is 0 Å². The summed E-state index contributed by atoms with van der Waals surface area (Å²) < 4.78 is 10.2. The number of rotatable bonds is 2. The van der Waals surface area contributed by atoms with E-state index in [9.17, 15) is 4.79 Å². The van der Waals surface area contributed by atoms with E-state index in [0.29, 0.717) is 13.2 Å². The third-order valence-electron chi connectivity index (χ3n) is 2.15. The molecule has 14 heavy (non-hydrogen) atoms. The Hall–Kier alpha value is 0.480. The van der Waals surface area contributed by atoms with E-state index in [1.165, 1.54) is 0 Å². The number of thiol groups is 1. The number of amides is 1. The Morgan fingerprint density at radius 3 is 3.29 bits per heavy atom. The van der Waals surface area contributed by atoms with Gasteiger partial charge in [-0.25, -0.2) is 0 Å². The quantitative estimate of drug-likeness (QED) is 0.362. The third kappa shape index (κ3) is 2.35. The number of fused-ring (bicyclic) bond motifs is 1. The molecule has 2 atom stereocenters. The van der Waals surface area contributed by atoms with Crippen molar-refractivity contribution in [2.75, 3.05) is 13.2 Å². The van der Waals surface area contributed by atoms with E-state index < -0.39 is 7.32 Å². The average molecular weight is 345 g/mol. The summed E-state index contributed by atoms with van der Waals surface area (Å²) in [7, 11) is 3.49. The normalized spacial score (nSPS) is 29.7. The van der Waals surface area contributed by atoms with Crippen molar-refractivity contribution in [2.45, 2.75) is 12.5 Å². The van der Waals surface area contributed by atoms with Crippen LogP contribution in [0, 0.1) is 0 Å². The van der Waals surface area contributed by atoms with Gasteiger partial charge in [0.25, 0.3) is 0 Å². The van der Waals surface area contributed by atoms with Gasteiger partial charge in [0.1, 0.15) is 0 Å². The van der Waals surface area contributed by atoms with Crippen LogP contribution in [0.4, 0.5) is 4.79 Å². The number of cyclic esters (lactones) is 1. The van der Waals surface area contributed by atoms with E-state index in [4.69, 9.17) is 8.92 Å². The molecule has 78 valence electrons. The first-order valence-corrected chi connectivity index (χ1v) is 9.33. The SMILES string of the molecule is O=C1OCCC2/C(=C\CO[SH](#P)I)N12. The van der Waals surface area contributed by atoms with Crippen LogP contribution in [-0.2, 0) is 8.92 Å². The molecule has 0 bridgehead atoms. The fourth-order valence-electron chi connectivity index (χ4n) is 1.51. The molecule has 2 saturated heterocycles. The molecular weight excluding hydrogens is 336 g/mol. The minimum atomic E-state index is -0.651. The molecule has 0 radical (unpaired) electrons. The molecular formula is C7H9INO3PS. The summed E-state index contributed by atoms with van der Waals surface area (Å²) >= 11 is 2.13. The van der Waals surface area contributed by atoms with Gasteiger partial charge >= 0.3 is 98.5 Å². The van der Waals surface area contributed by atoms with Crippen LogP contribution in [0.5, 0.6) is 0 Å². The topological polar surface area (TPSA) is 38.5 Å². The second-order valence-electron chi connectivity index (χ2n) is 2.94. The molecule has 2 heterocycles. The zero-order valence-electron chi connectivity index (χ0n) is 7.22. The van der Waals surface area contributed by atoms with Gasteiger partial charge in [0, 0.05) is 0 Å². The van der Waals surface area contributed by atoms with E-state index in [1.807, 2.05) is 6.08 Å². The summed E-state index contributed by atoms with van der Waals surface area (Å²) in [5.41, 5.74) is 1.04. The van der Waals surface area contributed by atoms with Crippen molar-refractivity contribution < 1.29 is 13.7 Å². The molecule has 0 spiro atoms. The van der Waals surface area contributed by atoms with Gasteiger partial charge in [-0.1, -0.05) is 0 Å². The summed E-state index contributed by atoms with van der Waals surface area (Å²) in [4.78, 5) is 12.8. The van der Waals surface area contributed by atoms with Crippen LogP contribution in [0.25, 0.3) is 0 Å². The minimum absolute atomic E-state index is 0.227. The van der Waals surface area contributed by atoms with Crippen LogP contribution in [0.3, 0.4) is 0 Å². The Bertz CT molecular complexity index is 364. The predicted molar refractivity (Wildman–Crippen MR) is 65.6 cm³/mol. The summed E-state index contributed by atoms with van der Waals surface area (Å²) in [6, 6.07) is 0.278. The molecule has 0 saturated carbocycles. The molecule has 2 aliphatic rings. The number of carbonyl (C=O) groups is 1. The number of halogens is 1. The summed E-state index contributed by atoms with van der Waals surface area (Å²) in [6.45, 7) is 1.05. The zero-order valence-corrected chi connectivity index (χ0v) is 11.2. The first-order valence-electron chi connectivity index (χ1n) is 4.14. The maximum atomic E-state index is 11.2. The van der Waals surface area contributed by atoms with Gasteiger partial charge in [-0.3, -0.25) is 0 Å². The molecule has 2 fully saturated rings. The zero-order chi connectivity index (χ0) is 10.1. The second kappa shape index (κ2) is 4.55. The van der Waals surface area contributed by atoms with Crippen LogP contribution in [0.2, 0.25) is 0 Å². The second-order valence-corrected chi connectivity index (χ2v) is 9.66. The first-order chi connectivity index (χ1) is 6.70. The van der Waals surface area contributed by atoms with Crippen molar-refractivity contribution in [1.29, 1.82) is 0 Å². The molecule has 0 N–H and O–H groups in total. The van der Waals surface area contributed by atoms with Crippen LogP contribution >= 0.6 is 36.3 Å². The van der Waals surface area contributed by atoms with E-state index in [2.05, 4.69) is 29.0 Å². The van der Waals surface area contributed by atoms with Crippen LogP contribution in [0.1, 0.15) is 6.42 Å². The van der Waals surface area contributed by atoms with Crippen LogP contribution in [-0.4, -0.2) is 30.2 Å². The van der Waals surface area contributed by atoms with Crippen molar-refractivity contribution in [3.8, 4) is 0 Å². The molecule has 7 heteroatoms. The molecule has 2 rings (SSSR count). The molecule has 4 nitrogen and oxygen atoms in total. The Kier molecular flexibility index (Phi) is 3.57. The van der Waals surface area contributed by atoms with Crippen molar-refractivity contribution in [1.82, 2.24) is 4.90 Å². The van der Waals surface area contributed by atoms with Crippen molar-refractivity contribution in [2.24, 2.45) is 0 Å². The number of nitrogens with zero attached hydrogens (tertiary/aromatic N) is 1. The predicted octanol–water partition coefficient (Wildman–Crippen LogP) is 2.70. The Labute approximate surface area is 98.2 Å². The van der Waals surface area contributed by atoms with E-state index in [0.717, 1.165) is 12.1 Å². The fourth-order valence-corrected chi connectivity index (χ4v) is 2.39. The summed E-state index contributed by atoms with van der Waals surface area (Å²) in [5.74, 6) is 0. The average Bonchev–Trinajstić information content (AvgIpc) is 2.80. The molecule has 1 amide bonds. The molecule has 0 aromatic heterocycles. The van der Waals surface area contributed by atoms with Gasteiger partial charge in [0.05, 0.1) is 0 Å². The van der Waals surface area contributed by atoms with E-state index >= 15 is 0 Å². The van der Waals surface area contributed by atoms with Crippen molar-refractivity contribution >= 4 is 42.4 Å². The molecule has 2 unspecified atom stereocenters. The molecule has 0 aliphatic carbocycles. The Morgan fingerprint density at radius 2 is 2.64 bits per heavy atom. The van der Waals surface area contributed by atoms with Gasteiger partial charge in [-0.2, -0.15) is 0 Å². The number of ether oxygens (including phenoxy) is 1. The van der Waals surface area contributed by atoms with Gasteiger partial charge in [-0.15, -0.1) is 0 Å². The molecule has 0 aromatic rings. The van der Waals surface area contributed by atoms with Gasteiger partial charge in [-0.05, 0) is 0 Å². The third-order valence-corrected chi connectivity index (χ3v) is 3.69. The number of carbonyl (C=O) groups excluding carboxylic acids is 1. The van der Waals surface area contributed by atoms with Crippen LogP contribution < -0.4 is 0 Å². The number of hydrogen-bond donors (Lipinski definition) is 1. The Morgan fingerprint density at radius 1 is 1.86 bits per heavy atom. The molecule has 2 aliphatic heterocycles. The Balaban J connectivity index is 1.90. The van der Waals surface area contributed by atoms with Crippen molar-refractivity contribution in [3.05, 3.63) is 11.8 Å².